The highest BCUT2D eigenvalue weighted by Gasteiger charge is 2.18. The van der Waals surface area contributed by atoms with Gasteiger partial charge in [-0.05, 0) is 6.42 Å². The van der Waals surface area contributed by atoms with E-state index >= 15 is 0 Å². The Labute approximate surface area is 160 Å². The Morgan fingerprint density at radius 1 is 0.769 bits per heavy atom. The van der Waals surface area contributed by atoms with Gasteiger partial charge in [0.25, 0.3) is 0 Å². The molecule has 1 rings (SSSR count). The molecule has 1 aliphatic heterocycles. The summed E-state index contributed by atoms with van der Waals surface area (Å²) in [6.07, 6.45) is 17.2. The molecule has 0 radical (unpaired) electrons. The van der Waals surface area contributed by atoms with Gasteiger partial charge in [0.2, 0.25) is 5.91 Å². The van der Waals surface area contributed by atoms with E-state index < -0.39 is 0 Å². The van der Waals surface area contributed by atoms with Gasteiger partial charge in [-0.1, -0.05) is 84.0 Å². The molecule has 0 aromatic heterocycles. The standard InChI is InChI=1S/C21H40N2O3/c1-2-3-4-5-6-7-8-9-10-11-12-13-14-15-20(24)22-21(25)23-16-18-26-19-17-23/h2-19H2,1H3,(H,22,24,25). The highest BCUT2D eigenvalue weighted by molar-refractivity contribution is 5.94. The number of carbonyl (C=O) groups is 2. The molecule has 1 aliphatic rings. The highest BCUT2D eigenvalue weighted by Crippen LogP contribution is 2.13. The van der Waals surface area contributed by atoms with Crippen LogP contribution in [0.1, 0.15) is 96.8 Å². The third kappa shape index (κ3) is 12.3. The predicted molar refractivity (Wildman–Crippen MR) is 106 cm³/mol. The van der Waals surface area contributed by atoms with Gasteiger partial charge in [-0.2, -0.15) is 0 Å². The number of carbonyl (C=O) groups excluding carboxylic acids is 2. The van der Waals surface area contributed by atoms with Crippen LogP contribution < -0.4 is 5.32 Å². The van der Waals surface area contributed by atoms with E-state index in [4.69, 9.17) is 4.74 Å². The number of hydrogen-bond acceptors (Lipinski definition) is 3. The molecule has 0 bridgehead atoms. The van der Waals surface area contributed by atoms with Crippen molar-refractivity contribution >= 4 is 11.9 Å². The lowest BCUT2D eigenvalue weighted by Crippen LogP contribution is -2.47. The lowest BCUT2D eigenvalue weighted by molar-refractivity contribution is -0.120. The highest BCUT2D eigenvalue weighted by atomic mass is 16.5. The second-order valence-corrected chi connectivity index (χ2v) is 7.45. The van der Waals surface area contributed by atoms with Crippen LogP contribution in [0.15, 0.2) is 0 Å². The summed E-state index contributed by atoms with van der Waals surface area (Å²) >= 11 is 0. The first-order valence-corrected chi connectivity index (χ1v) is 10.9. The van der Waals surface area contributed by atoms with Crippen molar-refractivity contribution in [2.45, 2.75) is 96.8 Å². The monoisotopic (exact) mass is 368 g/mol. The van der Waals surface area contributed by atoms with E-state index in [-0.39, 0.29) is 11.9 Å². The fraction of sp³-hybridized carbons (Fsp3) is 0.905. The second kappa shape index (κ2) is 16.1. The fourth-order valence-corrected chi connectivity index (χ4v) is 3.33. The van der Waals surface area contributed by atoms with Gasteiger partial charge in [-0.15, -0.1) is 0 Å². The number of ether oxygens (including phenoxy) is 1. The van der Waals surface area contributed by atoms with Crippen molar-refractivity contribution in [3.8, 4) is 0 Å². The van der Waals surface area contributed by atoms with E-state index in [1.807, 2.05) is 0 Å². The van der Waals surface area contributed by atoms with Gasteiger partial charge < -0.3 is 9.64 Å². The zero-order valence-electron chi connectivity index (χ0n) is 16.9. The van der Waals surface area contributed by atoms with Crippen LogP contribution in [-0.2, 0) is 9.53 Å². The summed E-state index contributed by atoms with van der Waals surface area (Å²) in [5.41, 5.74) is 0. The molecule has 0 unspecified atom stereocenters. The molecule has 0 spiro atoms. The number of unbranched alkanes of at least 4 members (excludes halogenated alkanes) is 12. The Morgan fingerprint density at radius 2 is 1.23 bits per heavy atom. The normalized spacial score (nSPS) is 14.4. The van der Waals surface area contributed by atoms with E-state index in [9.17, 15) is 9.59 Å². The maximum Gasteiger partial charge on any atom is 0.324 e. The molecule has 1 saturated heterocycles. The zero-order valence-corrected chi connectivity index (χ0v) is 16.9. The first kappa shape index (κ1) is 22.9. The number of amides is 3. The zero-order chi connectivity index (χ0) is 18.9. The van der Waals surface area contributed by atoms with Gasteiger partial charge in [-0.25, -0.2) is 4.79 Å². The molecule has 0 saturated carbocycles. The van der Waals surface area contributed by atoms with Crippen LogP contribution in [0.5, 0.6) is 0 Å². The minimum atomic E-state index is -0.270. The molecule has 0 aliphatic carbocycles. The van der Waals surface area contributed by atoms with Gasteiger partial charge in [0, 0.05) is 19.5 Å². The Morgan fingerprint density at radius 3 is 1.73 bits per heavy atom. The van der Waals surface area contributed by atoms with Crippen molar-refractivity contribution < 1.29 is 14.3 Å². The fourth-order valence-electron chi connectivity index (χ4n) is 3.33. The summed E-state index contributed by atoms with van der Waals surface area (Å²) in [6.45, 7) is 4.51. The van der Waals surface area contributed by atoms with E-state index in [0.29, 0.717) is 32.7 Å². The van der Waals surface area contributed by atoms with Gasteiger partial charge in [0.1, 0.15) is 0 Å². The summed E-state index contributed by atoms with van der Waals surface area (Å²) in [5, 5.41) is 2.49. The molecule has 1 heterocycles. The van der Waals surface area contributed by atoms with E-state index in [1.165, 1.54) is 70.6 Å². The summed E-state index contributed by atoms with van der Waals surface area (Å²) in [6, 6.07) is -0.270. The summed E-state index contributed by atoms with van der Waals surface area (Å²) in [7, 11) is 0. The lowest BCUT2D eigenvalue weighted by Gasteiger charge is -2.26. The molecule has 5 heteroatoms. The summed E-state index contributed by atoms with van der Waals surface area (Å²) < 4.78 is 5.20. The van der Waals surface area contributed by atoms with Crippen LogP contribution in [0.25, 0.3) is 0 Å². The van der Waals surface area contributed by atoms with Crippen molar-refractivity contribution in [2.75, 3.05) is 26.3 Å². The average molecular weight is 369 g/mol. The number of urea groups is 1. The van der Waals surface area contributed by atoms with Crippen LogP contribution in [0.3, 0.4) is 0 Å². The maximum absolute atomic E-state index is 11.9. The molecule has 152 valence electrons. The molecule has 0 atom stereocenters. The van der Waals surface area contributed by atoms with Crippen molar-refractivity contribution in [1.82, 2.24) is 10.2 Å². The van der Waals surface area contributed by atoms with Crippen LogP contribution in [0, 0.1) is 0 Å². The molecule has 0 aromatic rings. The van der Waals surface area contributed by atoms with Crippen molar-refractivity contribution in [1.29, 1.82) is 0 Å². The van der Waals surface area contributed by atoms with E-state index in [1.54, 1.807) is 4.90 Å². The first-order chi connectivity index (χ1) is 12.7. The SMILES string of the molecule is CCCCCCCCCCCCCCCC(=O)NC(=O)N1CCOCC1. The Balaban J connectivity index is 1.83. The van der Waals surface area contributed by atoms with Gasteiger partial charge in [0.05, 0.1) is 13.2 Å². The van der Waals surface area contributed by atoms with Crippen LogP contribution in [0.2, 0.25) is 0 Å². The minimum absolute atomic E-state index is 0.149. The number of nitrogens with zero attached hydrogens (tertiary/aromatic N) is 1. The number of hydrogen-bond donors (Lipinski definition) is 1. The van der Waals surface area contributed by atoms with E-state index in [0.717, 1.165) is 12.8 Å². The quantitative estimate of drug-likeness (QED) is 0.437. The third-order valence-electron chi connectivity index (χ3n) is 5.05. The van der Waals surface area contributed by atoms with Crippen molar-refractivity contribution in [3.05, 3.63) is 0 Å². The largest absolute Gasteiger partial charge is 0.378 e. The van der Waals surface area contributed by atoms with Gasteiger partial charge in [0.15, 0.2) is 0 Å². The molecule has 1 N–H and O–H groups in total. The topological polar surface area (TPSA) is 58.6 Å². The predicted octanol–water partition coefficient (Wildman–Crippen LogP) is 5.04. The number of imide groups is 1. The van der Waals surface area contributed by atoms with Crippen molar-refractivity contribution in [2.24, 2.45) is 0 Å². The van der Waals surface area contributed by atoms with Gasteiger partial charge >= 0.3 is 6.03 Å². The minimum Gasteiger partial charge on any atom is -0.378 e. The smallest absolute Gasteiger partial charge is 0.324 e. The summed E-state index contributed by atoms with van der Waals surface area (Å²) in [4.78, 5) is 25.3. The van der Waals surface area contributed by atoms with Crippen LogP contribution in [0.4, 0.5) is 4.79 Å². The molecule has 5 nitrogen and oxygen atoms in total. The molecule has 0 aromatic carbocycles. The molecular formula is C21H40N2O3. The molecule has 26 heavy (non-hydrogen) atoms. The number of nitrogens with one attached hydrogen (secondary N) is 1. The third-order valence-corrected chi connectivity index (χ3v) is 5.05. The molecular weight excluding hydrogens is 328 g/mol. The van der Waals surface area contributed by atoms with E-state index in [2.05, 4.69) is 12.2 Å². The maximum atomic E-state index is 11.9. The van der Waals surface area contributed by atoms with Crippen LogP contribution >= 0.6 is 0 Å². The summed E-state index contributed by atoms with van der Waals surface area (Å²) in [5.74, 6) is -0.149. The second-order valence-electron chi connectivity index (χ2n) is 7.45. The Hall–Kier alpha value is -1.10. The lowest BCUT2D eigenvalue weighted by atomic mass is 10.0. The number of rotatable bonds is 14. The average Bonchev–Trinajstić information content (AvgIpc) is 2.66. The van der Waals surface area contributed by atoms with Crippen LogP contribution in [-0.4, -0.2) is 43.1 Å². The first-order valence-electron chi connectivity index (χ1n) is 10.9. The number of morpholine rings is 1. The Kier molecular flexibility index (Phi) is 14.2. The Bertz CT molecular complexity index is 368. The van der Waals surface area contributed by atoms with Gasteiger partial charge in [-0.3, -0.25) is 10.1 Å². The molecule has 1 fully saturated rings. The molecule has 3 amide bonds. The van der Waals surface area contributed by atoms with Crippen molar-refractivity contribution in [3.63, 3.8) is 0 Å².